The number of rotatable bonds is 5. The first kappa shape index (κ1) is 23.7. The van der Waals surface area contributed by atoms with E-state index < -0.39 is 17.9 Å². The minimum Gasteiger partial charge on any atom is -0.493 e. The van der Waals surface area contributed by atoms with Gasteiger partial charge in [-0.1, -0.05) is 23.7 Å². The first-order valence-electron chi connectivity index (χ1n) is 10.4. The molecule has 0 aromatic heterocycles. The van der Waals surface area contributed by atoms with E-state index in [2.05, 4.69) is 0 Å². The molecule has 6 nitrogen and oxygen atoms in total. The summed E-state index contributed by atoms with van der Waals surface area (Å²) in [5.74, 6) is -0.341. The zero-order valence-electron chi connectivity index (χ0n) is 18.0. The van der Waals surface area contributed by atoms with Gasteiger partial charge in [-0.25, -0.2) is 0 Å². The molecule has 0 saturated carbocycles. The third-order valence-corrected chi connectivity index (χ3v) is 6.26. The van der Waals surface area contributed by atoms with Gasteiger partial charge in [0.2, 0.25) is 0 Å². The van der Waals surface area contributed by atoms with Crippen molar-refractivity contribution in [2.75, 3.05) is 27.0 Å². The lowest BCUT2D eigenvalue weighted by Gasteiger charge is -2.42. The number of likely N-dealkylation sites (tertiary alicyclic amines) is 1. The van der Waals surface area contributed by atoms with Crippen molar-refractivity contribution in [3.63, 3.8) is 0 Å². The Morgan fingerprint density at radius 3 is 2.73 bits per heavy atom. The molecule has 178 valence electrons. The second-order valence-corrected chi connectivity index (χ2v) is 8.42. The van der Waals surface area contributed by atoms with Crippen LogP contribution >= 0.6 is 11.6 Å². The Kier molecular flexibility index (Phi) is 6.48. The van der Waals surface area contributed by atoms with Gasteiger partial charge in [0, 0.05) is 23.6 Å². The molecule has 33 heavy (non-hydrogen) atoms. The molecule has 2 saturated heterocycles. The highest BCUT2D eigenvalue weighted by Crippen LogP contribution is 2.43. The lowest BCUT2D eigenvalue weighted by atomic mass is 9.82. The molecule has 0 unspecified atom stereocenters. The summed E-state index contributed by atoms with van der Waals surface area (Å²) in [7, 11) is 1.30. The lowest BCUT2D eigenvalue weighted by molar-refractivity contribution is -0.189. The largest absolute Gasteiger partial charge is 0.493 e. The SMILES string of the molecule is COc1cc(C(=O)N2CC[C@]3(c4cccc(Cl)c4)OCO[C@@H]3C2)ccc1O[C@H](C)C(F)(F)F. The average Bonchev–Trinajstić information content (AvgIpc) is 3.22. The fourth-order valence-corrected chi connectivity index (χ4v) is 4.35. The van der Waals surface area contributed by atoms with Gasteiger partial charge in [-0.15, -0.1) is 0 Å². The summed E-state index contributed by atoms with van der Waals surface area (Å²) in [6.45, 7) is 1.70. The third-order valence-electron chi connectivity index (χ3n) is 6.02. The van der Waals surface area contributed by atoms with E-state index in [9.17, 15) is 18.0 Å². The standard InChI is InChI=1S/C23H23ClF3NO5/c1-14(23(25,26)27)33-18-7-6-15(10-19(18)30-2)21(29)28-9-8-22(20(12-28)31-13-32-22)16-4-3-5-17(24)11-16/h3-7,10-11,14,20H,8-9,12-13H2,1-2H3/t14-,20-,22-/m1/s1. The quantitative estimate of drug-likeness (QED) is 0.609. The zero-order valence-corrected chi connectivity index (χ0v) is 18.8. The van der Waals surface area contributed by atoms with Crippen molar-refractivity contribution >= 4 is 17.5 Å². The normalized spacial score (nSPS) is 23.7. The molecule has 0 aliphatic carbocycles. The van der Waals surface area contributed by atoms with E-state index in [4.69, 9.17) is 30.5 Å². The van der Waals surface area contributed by atoms with Crippen LogP contribution in [0.4, 0.5) is 13.2 Å². The van der Waals surface area contributed by atoms with Crippen LogP contribution < -0.4 is 9.47 Å². The highest BCUT2D eigenvalue weighted by atomic mass is 35.5. The number of carbonyl (C=O) groups excluding carboxylic acids is 1. The third kappa shape index (κ3) is 4.62. The highest BCUT2D eigenvalue weighted by molar-refractivity contribution is 6.30. The lowest BCUT2D eigenvalue weighted by Crippen LogP contribution is -2.53. The van der Waals surface area contributed by atoms with E-state index in [0.717, 1.165) is 12.5 Å². The molecule has 1 amide bonds. The molecule has 3 atom stereocenters. The van der Waals surface area contributed by atoms with Crippen LogP contribution in [0, 0.1) is 0 Å². The Labute approximate surface area is 194 Å². The van der Waals surface area contributed by atoms with E-state index in [0.29, 0.717) is 18.0 Å². The van der Waals surface area contributed by atoms with Gasteiger partial charge in [-0.3, -0.25) is 4.79 Å². The highest BCUT2D eigenvalue weighted by Gasteiger charge is 2.51. The van der Waals surface area contributed by atoms with E-state index >= 15 is 0 Å². The van der Waals surface area contributed by atoms with Crippen molar-refractivity contribution in [3.05, 3.63) is 58.6 Å². The molecule has 2 aromatic carbocycles. The van der Waals surface area contributed by atoms with Crippen molar-refractivity contribution < 1.29 is 36.9 Å². The summed E-state index contributed by atoms with van der Waals surface area (Å²) in [6.07, 6.45) is -6.42. The van der Waals surface area contributed by atoms with E-state index in [-0.39, 0.29) is 42.4 Å². The predicted molar refractivity (Wildman–Crippen MR) is 114 cm³/mol. The predicted octanol–water partition coefficient (Wildman–Crippen LogP) is 4.79. The van der Waals surface area contributed by atoms with E-state index in [1.807, 2.05) is 18.2 Å². The van der Waals surface area contributed by atoms with Crippen LogP contribution in [0.5, 0.6) is 11.5 Å². The molecule has 4 rings (SSSR count). The van der Waals surface area contributed by atoms with Gasteiger partial charge in [0.1, 0.15) is 18.5 Å². The maximum atomic E-state index is 13.2. The molecule has 10 heteroatoms. The average molecular weight is 486 g/mol. The molecule has 0 N–H and O–H groups in total. The zero-order chi connectivity index (χ0) is 23.8. The Balaban J connectivity index is 1.51. The number of hydrogen-bond donors (Lipinski definition) is 0. The van der Waals surface area contributed by atoms with Crippen LogP contribution in [0.15, 0.2) is 42.5 Å². The summed E-state index contributed by atoms with van der Waals surface area (Å²) < 4.78 is 60.5. The molecular formula is C23H23ClF3NO5. The molecule has 0 spiro atoms. The number of piperidine rings is 1. The van der Waals surface area contributed by atoms with Gasteiger partial charge >= 0.3 is 6.18 Å². The van der Waals surface area contributed by atoms with E-state index in [1.54, 1.807) is 11.0 Å². The number of ether oxygens (including phenoxy) is 4. The number of hydrogen-bond acceptors (Lipinski definition) is 5. The minimum atomic E-state index is -4.52. The topological polar surface area (TPSA) is 57.2 Å². The number of methoxy groups -OCH3 is 1. The van der Waals surface area contributed by atoms with Crippen LogP contribution in [0.3, 0.4) is 0 Å². The molecule has 2 aliphatic rings. The van der Waals surface area contributed by atoms with Gasteiger partial charge in [-0.05, 0) is 42.8 Å². The van der Waals surface area contributed by atoms with Gasteiger partial charge in [0.05, 0.1) is 13.7 Å². The number of amides is 1. The fourth-order valence-electron chi connectivity index (χ4n) is 4.16. The molecule has 2 aromatic rings. The smallest absolute Gasteiger partial charge is 0.425 e. The van der Waals surface area contributed by atoms with Crippen LogP contribution in [-0.4, -0.2) is 56.2 Å². The summed E-state index contributed by atoms with van der Waals surface area (Å²) in [6, 6.07) is 11.5. The molecule has 2 aliphatic heterocycles. The Bertz CT molecular complexity index is 1030. The van der Waals surface area contributed by atoms with Crippen molar-refractivity contribution in [1.82, 2.24) is 4.90 Å². The van der Waals surface area contributed by atoms with Crippen LogP contribution in [0.2, 0.25) is 5.02 Å². The fraction of sp³-hybridized carbons (Fsp3) is 0.435. The summed E-state index contributed by atoms with van der Waals surface area (Å²) in [5.41, 5.74) is 0.477. The first-order chi connectivity index (χ1) is 15.6. The number of fused-ring (bicyclic) bond motifs is 1. The van der Waals surface area contributed by atoms with Crippen molar-refractivity contribution in [2.45, 2.75) is 37.3 Å². The minimum absolute atomic E-state index is 0.0442. The Hall–Kier alpha value is -2.49. The molecular weight excluding hydrogens is 463 g/mol. The number of benzene rings is 2. The molecule has 2 fully saturated rings. The van der Waals surface area contributed by atoms with Gasteiger partial charge in [0.25, 0.3) is 5.91 Å². The summed E-state index contributed by atoms with van der Waals surface area (Å²) >= 11 is 6.16. The molecule has 0 bridgehead atoms. The maximum absolute atomic E-state index is 13.2. The van der Waals surface area contributed by atoms with E-state index in [1.165, 1.54) is 25.3 Å². The number of nitrogens with zero attached hydrogens (tertiary/aromatic N) is 1. The number of alkyl halides is 3. The maximum Gasteiger partial charge on any atom is 0.425 e. The van der Waals surface area contributed by atoms with Gasteiger partial charge in [-0.2, -0.15) is 13.2 Å². The number of carbonyl (C=O) groups is 1. The van der Waals surface area contributed by atoms with Gasteiger partial charge < -0.3 is 23.8 Å². The Morgan fingerprint density at radius 1 is 1.24 bits per heavy atom. The monoisotopic (exact) mass is 485 g/mol. The van der Waals surface area contributed by atoms with Crippen LogP contribution in [0.25, 0.3) is 0 Å². The Morgan fingerprint density at radius 2 is 2.03 bits per heavy atom. The second kappa shape index (κ2) is 9.04. The second-order valence-electron chi connectivity index (χ2n) is 7.99. The van der Waals surface area contributed by atoms with Crippen molar-refractivity contribution in [3.8, 4) is 11.5 Å². The molecule has 2 heterocycles. The van der Waals surface area contributed by atoms with Crippen molar-refractivity contribution in [1.29, 1.82) is 0 Å². The van der Waals surface area contributed by atoms with Crippen LogP contribution in [-0.2, 0) is 15.1 Å². The first-order valence-corrected chi connectivity index (χ1v) is 10.7. The summed E-state index contributed by atoms with van der Waals surface area (Å²) in [5, 5.41) is 0.587. The van der Waals surface area contributed by atoms with Gasteiger partial charge in [0.15, 0.2) is 17.6 Å². The number of halogens is 4. The van der Waals surface area contributed by atoms with Crippen molar-refractivity contribution in [2.24, 2.45) is 0 Å². The molecule has 0 radical (unpaired) electrons. The summed E-state index contributed by atoms with van der Waals surface area (Å²) in [4.78, 5) is 14.8. The van der Waals surface area contributed by atoms with Crippen LogP contribution in [0.1, 0.15) is 29.3 Å².